The Hall–Kier alpha value is -0.900. The molecule has 1 aliphatic carbocycles. The lowest BCUT2D eigenvalue weighted by atomic mass is 10.3. The first-order valence-corrected chi connectivity index (χ1v) is 6.77. The number of ketones is 1. The number of hydrogen-bond donors (Lipinski definition) is 0. The fraction of sp³-hybridized carbons (Fsp3) is 0.667. The first-order valence-electron chi connectivity index (χ1n) is 5.95. The summed E-state index contributed by atoms with van der Waals surface area (Å²) in [5.74, 6) is 0.120. The van der Waals surface area contributed by atoms with Gasteiger partial charge >= 0.3 is 0 Å². The first-order chi connectivity index (χ1) is 7.72. The van der Waals surface area contributed by atoms with E-state index >= 15 is 0 Å². The van der Waals surface area contributed by atoms with Crippen molar-refractivity contribution >= 4 is 22.3 Å². The van der Waals surface area contributed by atoms with Crippen LogP contribution in [-0.2, 0) is 0 Å². The number of aromatic nitrogens is 1. The molecule has 0 unspecified atom stereocenters. The molecular formula is C12H18N2OS. The number of Topliss-reactive ketones (excluding diaryl/α,β-unsaturated/α-hetero) is 1. The molecular weight excluding hydrogens is 220 g/mol. The molecule has 0 radical (unpaired) electrons. The number of nitrogens with zero attached hydrogens (tertiary/aromatic N) is 2. The van der Waals surface area contributed by atoms with Crippen LogP contribution in [0.2, 0.25) is 0 Å². The third kappa shape index (κ3) is 2.61. The zero-order valence-corrected chi connectivity index (χ0v) is 10.7. The van der Waals surface area contributed by atoms with Crippen molar-refractivity contribution in [2.75, 3.05) is 11.4 Å². The summed E-state index contributed by atoms with van der Waals surface area (Å²) in [6, 6.07) is 0.678. The Morgan fingerprint density at radius 3 is 2.88 bits per heavy atom. The molecule has 0 atom stereocenters. The number of thiazole rings is 1. The number of rotatable bonds is 6. The van der Waals surface area contributed by atoms with E-state index in [-0.39, 0.29) is 5.78 Å². The molecule has 1 aromatic rings. The SMILES string of the molecule is CCCCN(c1ncc(C(C)=O)s1)C1CC1. The minimum atomic E-state index is 0.120. The van der Waals surface area contributed by atoms with Crippen molar-refractivity contribution in [3.05, 3.63) is 11.1 Å². The summed E-state index contributed by atoms with van der Waals surface area (Å²) in [7, 11) is 0. The van der Waals surface area contributed by atoms with Crippen molar-refractivity contribution in [2.45, 2.75) is 45.6 Å². The van der Waals surface area contributed by atoms with Gasteiger partial charge in [-0.2, -0.15) is 0 Å². The van der Waals surface area contributed by atoms with E-state index in [0.29, 0.717) is 6.04 Å². The molecule has 1 fully saturated rings. The molecule has 0 aliphatic heterocycles. The molecule has 0 saturated heterocycles. The Balaban J connectivity index is 2.08. The van der Waals surface area contributed by atoms with E-state index in [0.717, 1.165) is 16.6 Å². The third-order valence-electron chi connectivity index (χ3n) is 2.83. The van der Waals surface area contributed by atoms with Gasteiger partial charge in [-0.25, -0.2) is 4.98 Å². The van der Waals surface area contributed by atoms with Gasteiger partial charge < -0.3 is 4.90 Å². The maximum absolute atomic E-state index is 11.2. The number of unbranched alkanes of at least 4 members (excludes halogenated alkanes) is 1. The van der Waals surface area contributed by atoms with Gasteiger partial charge in [0.15, 0.2) is 10.9 Å². The Kier molecular flexibility index (Phi) is 3.59. The quantitative estimate of drug-likeness (QED) is 0.714. The van der Waals surface area contributed by atoms with E-state index in [9.17, 15) is 4.79 Å². The van der Waals surface area contributed by atoms with Gasteiger partial charge in [0, 0.05) is 19.5 Å². The minimum Gasteiger partial charge on any atom is -0.345 e. The van der Waals surface area contributed by atoms with Crippen molar-refractivity contribution in [3.8, 4) is 0 Å². The van der Waals surface area contributed by atoms with Crippen LogP contribution in [0.5, 0.6) is 0 Å². The summed E-state index contributed by atoms with van der Waals surface area (Å²) in [6.45, 7) is 4.88. The average molecular weight is 238 g/mol. The standard InChI is InChI=1S/C12H18N2OS/c1-3-4-7-14(10-5-6-10)12-13-8-11(16-12)9(2)15/h8,10H,3-7H2,1-2H3. The van der Waals surface area contributed by atoms with Crippen LogP contribution in [0, 0.1) is 0 Å². The molecule has 88 valence electrons. The molecule has 1 heterocycles. The molecule has 0 N–H and O–H groups in total. The van der Waals surface area contributed by atoms with Gasteiger partial charge in [-0.1, -0.05) is 24.7 Å². The predicted molar refractivity (Wildman–Crippen MR) is 67.4 cm³/mol. The molecule has 3 nitrogen and oxygen atoms in total. The maximum Gasteiger partial charge on any atom is 0.186 e. The van der Waals surface area contributed by atoms with Crippen molar-refractivity contribution in [1.82, 2.24) is 4.98 Å². The summed E-state index contributed by atoms with van der Waals surface area (Å²) in [4.78, 5) is 18.8. The normalized spacial score (nSPS) is 15.1. The van der Waals surface area contributed by atoms with Gasteiger partial charge in [0.05, 0.1) is 11.1 Å². The van der Waals surface area contributed by atoms with Gasteiger partial charge in [-0.15, -0.1) is 0 Å². The van der Waals surface area contributed by atoms with Crippen molar-refractivity contribution in [1.29, 1.82) is 0 Å². The van der Waals surface area contributed by atoms with Crippen LogP contribution in [0.3, 0.4) is 0 Å². The number of anilines is 1. The zero-order chi connectivity index (χ0) is 11.5. The summed E-state index contributed by atoms with van der Waals surface area (Å²) in [5.41, 5.74) is 0. The number of carbonyl (C=O) groups is 1. The summed E-state index contributed by atoms with van der Waals surface area (Å²) < 4.78 is 0. The lowest BCUT2D eigenvalue weighted by Gasteiger charge is -2.20. The average Bonchev–Trinajstić information content (AvgIpc) is 2.96. The fourth-order valence-corrected chi connectivity index (χ4v) is 2.62. The van der Waals surface area contributed by atoms with Crippen molar-refractivity contribution < 1.29 is 4.79 Å². The Morgan fingerprint density at radius 2 is 2.38 bits per heavy atom. The van der Waals surface area contributed by atoms with Crippen LogP contribution in [0.25, 0.3) is 0 Å². The third-order valence-corrected chi connectivity index (χ3v) is 3.96. The van der Waals surface area contributed by atoms with Crippen molar-refractivity contribution in [2.24, 2.45) is 0 Å². The van der Waals surface area contributed by atoms with E-state index in [2.05, 4.69) is 16.8 Å². The summed E-state index contributed by atoms with van der Waals surface area (Å²) >= 11 is 1.53. The van der Waals surface area contributed by atoms with E-state index in [1.54, 1.807) is 13.1 Å². The zero-order valence-electron chi connectivity index (χ0n) is 9.90. The van der Waals surface area contributed by atoms with Gasteiger partial charge in [-0.3, -0.25) is 4.79 Å². The van der Waals surface area contributed by atoms with Crippen LogP contribution in [0.4, 0.5) is 5.13 Å². The second-order valence-electron chi connectivity index (χ2n) is 4.34. The number of hydrogen-bond acceptors (Lipinski definition) is 4. The molecule has 1 saturated carbocycles. The van der Waals surface area contributed by atoms with Crippen LogP contribution in [0.15, 0.2) is 6.20 Å². The summed E-state index contributed by atoms with van der Waals surface area (Å²) in [5, 5.41) is 1.03. The Bertz CT molecular complexity index is 371. The second kappa shape index (κ2) is 4.95. The molecule has 4 heteroatoms. The summed E-state index contributed by atoms with van der Waals surface area (Å²) in [6.07, 6.45) is 6.67. The second-order valence-corrected chi connectivity index (χ2v) is 5.35. The lowest BCUT2D eigenvalue weighted by Crippen LogP contribution is -2.26. The Labute approximate surface area is 100 Å². The smallest absolute Gasteiger partial charge is 0.186 e. The highest BCUT2D eigenvalue weighted by atomic mass is 32.1. The highest BCUT2D eigenvalue weighted by molar-refractivity contribution is 7.17. The van der Waals surface area contributed by atoms with Crippen LogP contribution in [-0.4, -0.2) is 23.4 Å². The van der Waals surface area contributed by atoms with Crippen LogP contribution in [0.1, 0.15) is 49.2 Å². The van der Waals surface area contributed by atoms with Gasteiger partial charge in [0.25, 0.3) is 0 Å². The molecule has 0 spiro atoms. The fourth-order valence-electron chi connectivity index (χ4n) is 1.71. The molecule has 2 rings (SSSR count). The van der Waals surface area contributed by atoms with Gasteiger partial charge in [0.2, 0.25) is 0 Å². The first kappa shape index (κ1) is 11.6. The minimum absolute atomic E-state index is 0.120. The van der Waals surface area contributed by atoms with Gasteiger partial charge in [-0.05, 0) is 19.3 Å². The largest absolute Gasteiger partial charge is 0.345 e. The van der Waals surface area contributed by atoms with E-state index in [1.165, 1.54) is 37.0 Å². The van der Waals surface area contributed by atoms with E-state index in [1.807, 2.05) is 0 Å². The number of carbonyl (C=O) groups excluding carboxylic acids is 1. The molecule has 0 amide bonds. The highest BCUT2D eigenvalue weighted by Gasteiger charge is 2.30. The van der Waals surface area contributed by atoms with Crippen molar-refractivity contribution in [3.63, 3.8) is 0 Å². The molecule has 0 bridgehead atoms. The lowest BCUT2D eigenvalue weighted by molar-refractivity contribution is 0.102. The Morgan fingerprint density at radius 1 is 1.62 bits per heavy atom. The molecule has 1 aliphatic rings. The molecule has 16 heavy (non-hydrogen) atoms. The van der Waals surface area contributed by atoms with Gasteiger partial charge in [0.1, 0.15) is 0 Å². The monoisotopic (exact) mass is 238 g/mol. The molecule has 0 aromatic carbocycles. The highest BCUT2D eigenvalue weighted by Crippen LogP contribution is 2.34. The van der Waals surface area contributed by atoms with Crippen LogP contribution >= 0.6 is 11.3 Å². The van der Waals surface area contributed by atoms with E-state index < -0.39 is 0 Å². The molecule has 1 aromatic heterocycles. The van der Waals surface area contributed by atoms with Crippen LogP contribution < -0.4 is 4.90 Å². The van der Waals surface area contributed by atoms with E-state index in [4.69, 9.17) is 0 Å². The topological polar surface area (TPSA) is 33.2 Å². The predicted octanol–water partition coefficient (Wildman–Crippen LogP) is 3.11. The maximum atomic E-state index is 11.2.